The van der Waals surface area contributed by atoms with Crippen molar-refractivity contribution < 1.29 is 8.42 Å². The van der Waals surface area contributed by atoms with Crippen LogP contribution in [0.5, 0.6) is 0 Å². The fourth-order valence-electron chi connectivity index (χ4n) is 3.17. The van der Waals surface area contributed by atoms with Crippen molar-refractivity contribution in [2.75, 3.05) is 13.1 Å². The molecule has 5 heteroatoms. The van der Waals surface area contributed by atoms with Crippen LogP contribution in [0, 0.1) is 0 Å². The molecule has 1 heterocycles. The Bertz CT molecular complexity index is 334. The van der Waals surface area contributed by atoms with Crippen molar-refractivity contribution >= 4 is 10.0 Å². The molecule has 0 amide bonds. The maximum Gasteiger partial charge on any atom is 0.217 e. The van der Waals surface area contributed by atoms with Crippen LogP contribution in [0.3, 0.4) is 0 Å². The van der Waals surface area contributed by atoms with Crippen LogP contribution >= 0.6 is 0 Å². The molecule has 1 saturated carbocycles. The summed E-state index contributed by atoms with van der Waals surface area (Å²) in [5, 5.41) is -0.110. The highest BCUT2D eigenvalue weighted by molar-refractivity contribution is 7.89. The lowest BCUT2D eigenvalue weighted by molar-refractivity contribution is 0.241. The predicted octanol–water partition coefficient (Wildman–Crippen LogP) is 1.46. The fraction of sp³-hybridized carbons (Fsp3) is 1.00. The van der Waals surface area contributed by atoms with Gasteiger partial charge >= 0.3 is 0 Å². The molecule has 0 aromatic carbocycles. The summed E-state index contributed by atoms with van der Waals surface area (Å²) in [4.78, 5) is 0. The Balaban J connectivity index is 2.11. The molecule has 0 aromatic heterocycles. The Hall–Kier alpha value is -0.130. The minimum absolute atomic E-state index is 0.110. The second kappa shape index (κ2) is 5.67. The first-order valence-electron chi connectivity index (χ1n) is 6.87. The van der Waals surface area contributed by atoms with Crippen LogP contribution in [0.15, 0.2) is 0 Å². The van der Waals surface area contributed by atoms with Gasteiger partial charge in [-0.2, -0.15) is 4.31 Å². The fourth-order valence-corrected chi connectivity index (χ4v) is 5.49. The van der Waals surface area contributed by atoms with Gasteiger partial charge in [0, 0.05) is 12.6 Å². The van der Waals surface area contributed by atoms with E-state index in [-0.39, 0.29) is 11.3 Å². The van der Waals surface area contributed by atoms with Crippen LogP contribution in [-0.4, -0.2) is 37.1 Å². The zero-order valence-electron chi connectivity index (χ0n) is 10.5. The molecule has 1 saturated heterocycles. The van der Waals surface area contributed by atoms with Gasteiger partial charge in [-0.1, -0.05) is 19.3 Å². The quantitative estimate of drug-likeness (QED) is 0.832. The lowest BCUT2D eigenvalue weighted by Gasteiger charge is -2.36. The van der Waals surface area contributed by atoms with Crippen LogP contribution in [0.4, 0.5) is 0 Å². The summed E-state index contributed by atoms with van der Waals surface area (Å²) < 4.78 is 26.9. The first kappa shape index (κ1) is 13.3. The summed E-state index contributed by atoms with van der Waals surface area (Å²) in [5.74, 6) is 0. The summed E-state index contributed by atoms with van der Waals surface area (Å²) in [6, 6.07) is 0.166. The molecule has 2 N–H and O–H groups in total. The molecular weight excluding hydrogens is 236 g/mol. The van der Waals surface area contributed by atoms with E-state index < -0.39 is 10.0 Å². The van der Waals surface area contributed by atoms with Crippen LogP contribution in [0.1, 0.15) is 51.4 Å². The highest BCUT2D eigenvalue weighted by Crippen LogP contribution is 2.31. The Kier molecular flexibility index (Phi) is 4.44. The molecule has 1 aliphatic heterocycles. The number of rotatable bonds is 4. The minimum atomic E-state index is -3.06. The van der Waals surface area contributed by atoms with Crippen LogP contribution in [-0.2, 0) is 10.0 Å². The molecule has 0 spiro atoms. The first-order valence-corrected chi connectivity index (χ1v) is 8.37. The second-order valence-corrected chi connectivity index (χ2v) is 7.45. The van der Waals surface area contributed by atoms with Crippen molar-refractivity contribution in [2.45, 2.75) is 62.7 Å². The Labute approximate surface area is 105 Å². The first-order chi connectivity index (χ1) is 8.16. The number of piperidine rings is 1. The molecule has 1 unspecified atom stereocenters. The molecule has 2 fully saturated rings. The third kappa shape index (κ3) is 2.83. The predicted molar refractivity (Wildman–Crippen MR) is 69.2 cm³/mol. The number of hydrogen-bond acceptors (Lipinski definition) is 3. The molecule has 2 rings (SSSR count). The molecule has 1 aliphatic carbocycles. The summed E-state index contributed by atoms with van der Waals surface area (Å²) in [6.45, 7) is 1.30. The number of hydrogen-bond donors (Lipinski definition) is 1. The molecule has 100 valence electrons. The van der Waals surface area contributed by atoms with Crippen molar-refractivity contribution in [3.63, 3.8) is 0 Å². The van der Waals surface area contributed by atoms with E-state index in [0.717, 1.165) is 51.4 Å². The molecule has 17 heavy (non-hydrogen) atoms. The van der Waals surface area contributed by atoms with E-state index in [1.165, 1.54) is 0 Å². The van der Waals surface area contributed by atoms with Crippen molar-refractivity contribution in [3.05, 3.63) is 0 Å². The number of sulfonamides is 1. The van der Waals surface area contributed by atoms with E-state index in [1.807, 2.05) is 0 Å². The van der Waals surface area contributed by atoms with Crippen LogP contribution in [0.25, 0.3) is 0 Å². The SMILES string of the molecule is NCCC1CCCCN1S(=O)(=O)C1CCCC1. The molecular formula is C12H24N2O2S. The maximum absolute atomic E-state index is 12.6. The van der Waals surface area contributed by atoms with Gasteiger partial charge in [0.25, 0.3) is 0 Å². The van der Waals surface area contributed by atoms with E-state index in [1.54, 1.807) is 4.31 Å². The maximum atomic E-state index is 12.6. The number of nitrogens with two attached hydrogens (primary N) is 1. The highest BCUT2D eigenvalue weighted by Gasteiger charge is 2.38. The van der Waals surface area contributed by atoms with Gasteiger partial charge < -0.3 is 5.73 Å². The Morgan fingerprint density at radius 1 is 1.06 bits per heavy atom. The molecule has 4 nitrogen and oxygen atoms in total. The van der Waals surface area contributed by atoms with Crippen LogP contribution in [0.2, 0.25) is 0 Å². The van der Waals surface area contributed by atoms with Crippen molar-refractivity contribution in [1.29, 1.82) is 0 Å². The Morgan fingerprint density at radius 3 is 2.35 bits per heavy atom. The topological polar surface area (TPSA) is 63.4 Å². The van der Waals surface area contributed by atoms with E-state index in [2.05, 4.69) is 0 Å². The standard InChI is InChI=1S/C12H24N2O2S/c13-9-8-11-5-3-4-10-14(11)17(15,16)12-6-1-2-7-12/h11-12H,1-10,13H2. The van der Waals surface area contributed by atoms with Crippen LogP contribution < -0.4 is 5.73 Å². The summed E-state index contributed by atoms with van der Waals surface area (Å²) >= 11 is 0. The number of nitrogens with zero attached hydrogens (tertiary/aromatic N) is 1. The van der Waals surface area contributed by atoms with Gasteiger partial charge in [-0.15, -0.1) is 0 Å². The largest absolute Gasteiger partial charge is 0.330 e. The third-order valence-electron chi connectivity index (χ3n) is 4.12. The molecule has 1 atom stereocenters. The van der Waals surface area contributed by atoms with Gasteiger partial charge in [0.2, 0.25) is 10.0 Å². The average Bonchev–Trinajstić information content (AvgIpc) is 2.84. The molecule has 0 bridgehead atoms. The molecule has 0 radical (unpaired) electrons. The smallest absolute Gasteiger partial charge is 0.217 e. The summed E-state index contributed by atoms with van der Waals surface area (Å²) in [5.41, 5.74) is 5.60. The average molecular weight is 260 g/mol. The van der Waals surface area contributed by atoms with Crippen molar-refractivity contribution in [1.82, 2.24) is 4.31 Å². The van der Waals surface area contributed by atoms with Gasteiger partial charge in [0.1, 0.15) is 0 Å². The lowest BCUT2D eigenvalue weighted by Crippen LogP contribution is -2.47. The molecule has 0 aromatic rings. The zero-order chi connectivity index (χ0) is 12.3. The normalized spacial score (nSPS) is 28.6. The van der Waals surface area contributed by atoms with Gasteiger partial charge in [0.15, 0.2) is 0 Å². The second-order valence-electron chi connectivity index (χ2n) is 5.29. The monoisotopic (exact) mass is 260 g/mol. The van der Waals surface area contributed by atoms with Gasteiger partial charge in [0.05, 0.1) is 5.25 Å². The third-order valence-corrected chi connectivity index (χ3v) is 6.57. The van der Waals surface area contributed by atoms with Gasteiger partial charge in [-0.25, -0.2) is 8.42 Å². The van der Waals surface area contributed by atoms with Gasteiger partial charge in [-0.3, -0.25) is 0 Å². The molecule has 2 aliphatic rings. The summed E-state index contributed by atoms with van der Waals surface area (Å²) in [6.07, 6.45) is 7.80. The lowest BCUT2D eigenvalue weighted by atomic mass is 10.0. The van der Waals surface area contributed by atoms with Crippen molar-refractivity contribution in [3.8, 4) is 0 Å². The minimum Gasteiger partial charge on any atom is -0.330 e. The van der Waals surface area contributed by atoms with Crippen molar-refractivity contribution in [2.24, 2.45) is 5.73 Å². The zero-order valence-corrected chi connectivity index (χ0v) is 11.3. The van der Waals surface area contributed by atoms with E-state index >= 15 is 0 Å². The van der Waals surface area contributed by atoms with E-state index in [9.17, 15) is 8.42 Å². The highest BCUT2D eigenvalue weighted by atomic mass is 32.2. The van der Waals surface area contributed by atoms with E-state index in [0.29, 0.717) is 13.1 Å². The van der Waals surface area contributed by atoms with Gasteiger partial charge in [-0.05, 0) is 38.6 Å². The Morgan fingerprint density at radius 2 is 1.71 bits per heavy atom. The van der Waals surface area contributed by atoms with E-state index in [4.69, 9.17) is 5.73 Å². The summed E-state index contributed by atoms with van der Waals surface area (Å²) in [7, 11) is -3.06.